The van der Waals surface area contributed by atoms with E-state index in [1.807, 2.05) is 0 Å². The molecular formula is C12H18FNO4S. The summed E-state index contributed by atoms with van der Waals surface area (Å²) in [6, 6.07) is 3.88. The predicted octanol–water partition coefficient (Wildman–Crippen LogP) is 0.810. The summed E-state index contributed by atoms with van der Waals surface area (Å²) in [5, 5.41) is 9.38. The molecule has 1 rings (SSSR count). The van der Waals surface area contributed by atoms with Crippen molar-refractivity contribution in [3.8, 4) is 0 Å². The van der Waals surface area contributed by atoms with Crippen LogP contribution < -0.4 is 4.72 Å². The van der Waals surface area contributed by atoms with Crippen molar-refractivity contribution in [2.45, 2.75) is 24.3 Å². The first-order valence-electron chi connectivity index (χ1n) is 5.79. The maximum Gasteiger partial charge on any atom is 0.243 e. The zero-order valence-electron chi connectivity index (χ0n) is 10.9. The summed E-state index contributed by atoms with van der Waals surface area (Å²) in [5.74, 6) is -0.796. The van der Waals surface area contributed by atoms with Crippen LogP contribution in [0.25, 0.3) is 0 Å². The van der Waals surface area contributed by atoms with Crippen LogP contribution in [0.3, 0.4) is 0 Å². The second-order valence-electron chi connectivity index (χ2n) is 4.23. The lowest BCUT2D eigenvalue weighted by atomic mass is 10.2. The standard InChI is InChI=1S/C12H18FNO4S/c1-9-3-4-11(13)12(7-9)19(16,17)14-6-5-10(15)8-18-2/h3-4,7,10,14-15H,5-6,8H2,1-2H3. The summed E-state index contributed by atoms with van der Waals surface area (Å²) in [6.45, 7) is 1.82. The zero-order valence-corrected chi connectivity index (χ0v) is 11.7. The van der Waals surface area contributed by atoms with E-state index in [0.29, 0.717) is 5.56 Å². The molecule has 0 saturated heterocycles. The predicted molar refractivity (Wildman–Crippen MR) is 68.8 cm³/mol. The van der Waals surface area contributed by atoms with E-state index in [4.69, 9.17) is 4.74 Å². The molecule has 1 unspecified atom stereocenters. The van der Waals surface area contributed by atoms with Gasteiger partial charge in [-0.3, -0.25) is 0 Å². The number of sulfonamides is 1. The van der Waals surface area contributed by atoms with Gasteiger partial charge in [0.25, 0.3) is 0 Å². The van der Waals surface area contributed by atoms with E-state index < -0.39 is 21.9 Å². The highest BCUT2D eigenvalue weighted by atomic mass is 32.2. The van der Waals surface area contributed by atoms with Crippen LogP contribution in [0.1, 0.15) is 12.0 Å². The molecule has 0 aliphatic rings. The van der Waals surface area contributed by atoms with Crippen molar-refractivity contribution < 1.29 is 22.7 Å². The van der Waals surface area contributed by atoms with Crippen LogP contribution in [0, 0.1) is 12.7 Å². The van der Waals surface area contributed by atoms with Crippen molar-refractivity contribution in [3.05, 3.63) is 29.6 Å². The molecule has 0 fully saturated rings. The van der Waals surface area contributed by atoms with E-state index >= 15 is 0 Å². The lowest BCUT2D eigenvalue weighted by Crippen LogP contribution is -2.29. The normalized spacial score (nSPS) is 13.5. The van der Waals surface area contributed by atoms with Crippen molar-refractivity contribution in [1.82, 2.24) is 4.72 Å². The first kappa shape index (κ1) is 16.0. The highest BCUT2D eigenvalue weighted by Crippen LogP contribution is 2.15. The zero-order chi connectivity index (χ0) is 14.5. The van der Waals surface area contributed by atoms with E-state index in [1.165, 1.54) is 19.2 Å². The molecule has 0 spiro atoms. The first-order chi connectivity index (χ1) is 8.86. The number of benzene rings is 1. The lowest BCUT2D eigenvalue weighted by molar-refractivity contribution is 0.0603. The molecular weight excluding hydrogens is 273 g/mol. The van der Waals surface area contributed by atoms with Gasteiger partial charge in [-0.1, -0.05) is 6.07 Å². The number of hydrogen-bond donors (Lipinski definition) is 2. The minimum atomic E-state index is -3.90. The fourth-order valence-corrected chi connectivity index (χ4v) is 2.74. The van der Waals surface area contributed by atoms with E-state index in [1.54, 1.807) is 6.92 Å². The fraction of sp³-hybridized carbons (Fsp3) is 0.500. The Hall–Kier alpha value is -1.02. The number of rotatable bonds is 7. The molecule has 2 N–H and O–H groups in total. The van der Waals surface area contributed by atoms with Crippen molar-refractivity contribution in [3.63, 3.8) is 0 Å². The molecule has 5 nitrogen and oxygen atoms in total. The number of hydrogen-bond acceptors (Lipinski definition) is 4. The van der Waals surface area contributed by atoms with Gasteiger partial charge in [-0.25, -0.2) is 17.5 Å². The number of methoxy groups -OCH3 is 1. The molecule has 0 aliphatic heterocycles. The number of ether oxygens (including phenoxy) is 1. The van der Waals surface area contributed by atoms with Gasteiger partial charge in [-0.15, -0.1) is 0 Å². The fourth-order valence-electron chi connectivity index (χ4n) is 1.53. The van der Waals surface area contributed by atoms with Crippen LogP contribution in [0.5, 0.6) is 0 Å². The van der Waals surface area contributed by atoms with Crippen LogP contribution in [-0.4, -0.2) is 39.9 Å². The van der Waals surface area contributed by atoms with Gasteiger partial charge < -0.3 is 9.84 Å². The minimum absolute atomic E-state index is 0.0141. The SMILES string of the molecule is COCC(O)CCNS(=O)(=O)c1cc(C)ccc1F. The van der Waals surface area contributed by atoms with E-state index in [-0.39, 0.29) is 24.5 Å². The highest BCUT2D eigenvalue weighted by molar-refractivity contribution is 7.89. The average Bonchev–Trinajstić information content (AvgIpc) is 2.32. The Morgan fingerprint density at radius 1 is 1.47 bits per heavy atom. The van der Waals surface area contributed by atoms with Crippen molar-refractivity contribution >= 4 is 10.0 Å². The molecule has 0 heterocycles. The number of halogens is 1. The number of aryl methyl sites for hydroxylation is 1. The summed E-state index contributed by atoms with van der Waals surface area (Å²) in [4.78, 5) is -0.381. The van der Waals surface area contributed by atoms with Gasteiger partial charge in [-0.2, -0.15) is 0 Å². The molecule has 19 heavy (non-hydrogen) atoms. The Morgan fingerprint density at radius 2 is 2.16 bits per heavy atom. The summed E-state index contributed by atoms with van der Waals surface area (Å²) >= 11 is 0. The summed E-state index contributed by atoms with van der Waals surface area (Å²) in [7, 11) is -2.46. The van der Waals surface area contributed by atoms with Gasteiger partial charge in [0, 0.05) is 13.7 Å². The smallest absolute Gasteiger partial charge is 0.243 e. The van der Waals surface area contributed by atoms with Gasteiger partial charge in [0.1, 0.15) is 10.7 Å². The van der Waals surface area contributed by atoms with E-state index in [9.17, 15) is 17.9 Å². The molecule has 1 atom stereocenters. The van der Waals surface area contributed by atoms with Crippen molar-refractivity contribution in [2.75, 3.05) is 20.3 Å². The van der Waals surface area contributed by atoms with Gasteiger partial charge >= 0.3 is 0 Å². The molecule has 0 aromatic heterocycles. The number of aliphatic hydroxyl groups excluding tert-OH is 1. The first-order valence-corrected chi connectivity index (χ1v) is 7.28. The van der Waals surface area contributed by atoms with Crippen LogP contribution in [0.2, 0.25) is 0 Å². The number of aliphatic hydroxyl groups is 1. The molecule has 0 saturated carbocycles. The van der Waals surface area contributed by atoms with Crippen molar-refractivity contribution in [1.29, 1.82) is 0 Å². The molecule has 1 aromatic rings. The molecule has 0 bridgehead atoms. The Labute approximate surface area is 112 Å². The van der Waals surface area contributed by atoms with Crippen molar-refractivity contribution in [2.24, 2.45) is 0 Å². The minimum Gasteiger partial charge on any atom is -0.391 e. The van der Waals surface area contributed by atoms with E-state index in [0.717, 1.165) is 6.07 Å². The number of nitrogens with one attached hydrogen (secondary N) is 1. The summed E-state index contributed by atoms with van der Waals surface area (Å²) in [6.07, 6.45) is -0.560. The summed E-state index contributed by atoms with van der Waals surface area (Å²) in [5.41, 5.74) is 0.654. The third-order valence-corrected chi connectivity index (χ3v) is 3.98. The second kappa shape index (κ2) is 6.95. The highest BCUT2D eigenvalue weighted by Gasteiger charge is 2.19. The third-order valence-electron chi connectivity index (χ3n) is 2.50. The third kappa shape index (κ3) is 4.87. The quantitative estimate of drug-likeness (QED) is 0.779. The molecule has 1 aromatic carbocycles. The monoisotopic (exact) mass is 291 g/mol. The molecule has 0 radical (unpaired) electrons. The Kier molecular flexibility index (Phi) is 5.86. The van der Waals surface area contributed by atoms with Gasteiger partial charge in [0.2, 0.25) is 10.0 Å². The molecule has 0 aliphatic carbocycles. The topological polar surface area (TPSA) is 75.6 Å². The molecule has 0 amide bonds. The Balaban J connectivity index is 2.68. The Bertz CT molecular complexity index is 518. The largest absolute Gasteiger partial charge is 0.391 e. The van der Waals surface area contributed by atoms with Gasteiger partial charge in [-0.05, 0) is 31.0 Å². The summed E-state index contributed by atoms with van der Waals surface area (Å²) < 4.78 is 44.2. The average molecular weight is 291 g/mol. The Morgan fingerprint density at radius 3 is 2.79 bits per heavy atom. The van der Waals surface area contributed by atoms with Gasteiger partial charge in [0.15, 0.2) is 0 Å². The van der Waals surface area contributed by atoms with Crippen LogP contribution in [0.4, 0.5) is 4.39 Å². The van der Waals surface area contributed by atoms with E-state index in [2.05, 4.69) is 4.72 Å². The molecule has 7 heteroatoms. The lowest BCUT2D eigenvalue weighted by Gasteiger charge is -2.11. The van der Waals surface area contributed by atoms with Crippen LogP contribution >= 0.6 is 0 Å². The van der Waals surface area contributed by atoms with Crippen LogP contribution in [0.15, 0.2) is 23.1 Å². The maximum absolute atomic E-state index is 13.5. The van der Waals surface area contributed by atoms with Crippen LogP contribution in [-0.2, 0) is 14.8 Å². The molecule has 108 valence electrons. The maximum atomic E-state index is 13.5. The van der Waals surface area contributed by atoms with Gasteiger partial charge in [0.05, 0.1) is 12.7 Å². The second-order valence-corrected chi connectivity index (χ2v) is 5.96.